The molecule has 0 fully saturated rings. The molecule has 0 atom stereocenters. The fraction of sp³-hybridized carbons (Fsp3) is 0.303. The van der Waals surface area contributed by atoms with Crippen LogP contribution in [0.15, 0.2) is 84.0 Å². The van der Waals surface area contributed by atoms with Crippen LogP contribution in [0, 0.1) is 5.41 Å². The molecule has 2 aromatic carbocycles. The van der Waals surface area contributed by atoms with Gasteiger partial charge in [-0.05, 0) is 49.0 Å². The predicted molar refractivity (Wildman–Crippen MR) is 165 cm³/mol. The first-order valence-electron chi connectivity index (χ1n) is 14.4. The minimum atomic E-state index is -0.294. The predicted octanol–water partition coefficient (Wildman–Crippen LogP) is 5.37. The van der Waals surface area contributed by atoms with Crippen LogP contribution in [0.25, 0.3) is 27.7 Å². The van der Waals surface area contributed by atoms with E-state index in [-0.39, 0.29) is 16.9 Å². The van der Waals surface area contributed by atoms with Crippen LogP contribution in [-0.2, 0) is 6.54 Å². The van der Waals surface area contributed by atoms with E-state index in [0.717, 1.165) is 41.9 Å². The Hall–Kier alpha value is -4.63. The van der Waals surface area contributed by atoms with E-state index in [2.05, 4.69) is 42.7 Å². The summed E-state index contributed by atoms with van der Waals surface area (Å²) in [4.78, 5) is 32.4. The van der Waals surface area contributed by atoms with Crippen LogP contribution in [0.5, 0.6) is 5.75 Å². The van der Waals surface area contributed by atoms with Gasteiger partial charge in [0, 0.05) is 29.1 Å². The van der Waals surface area contributed by atoms with Gasteiger partial charge in [-0.1, -0.05) is 58.0 Å². The highest BCUT2D eigenvalue weighted by atomic mass is 16.5. The first-order chi connectivity index (χ1) is 20.2. The Bertz CT molecular complexity index is 1890. The summed E-state index contributed by atoms with van der Waals surface area (Å²) in [6.45, 7) is 13.0. The Morgan fingerprint density at radius 2 is 1.81 bits per heavy atom. The highest BCUT2D eigenvalue weighted by molar-refractivity contribution is 5.99. The van der Waals surface area contributed by atoms with Gasteiger partial charge in [-0.15, -0.1) is 0 Å². The van der Waals surface area contributed by atoms with E-state index in [0.29, 0.717) is 35.5 Å². The van der Waals surface area contributed by atoms with Crippen molar-refractivity contribution in [3.05, 3.63) is 101 Å². The Labute approximate surface area is 244 Å². The van der Waals surface area contributed by atoms with Gasteiger partial charge in [0.05, 0.1) is 47.9 Å². The quantitative estimate of drug-likeness (QED) is 0.229. The maximum Gasteiger partial charge on any atom is 0.280 e. The molecule has 5 aromatic heterocycles. The molecular formula is C33H36N6O3. The van der Waals surface area contributed by atoms with Gasteiger partial charge >= 0.3 is 0 Å². The van der Waals surface area contributed by atoms with Crippen LogP contribution in [-0.4, -0.2) is 61.0 Å². The number of nitrogens with one attached hydrogen (secondary N) is 1. The van der Waals surface area contributed by atoms with Gasteiger partial charge in [0.25, 0.3) is 11.5 Å². The summed E-state index contributed by atoms with van der Waals surface area (Å²) in [6, 6.07) is 19.6. The van der Waals surface area contributed by atoms with Gasteiger partial charge in [-0.2, -0.15) is 5.10 Å². The molecule has 0 amide bonds. The summed E-state index contributed by atoms with van der Waals surface area (Å²) in [6.07, 6.45) is 4.92. The third-order valence-corrected chi connectivity index (χ3v) is 7.76. The largest absolute Gasteiger partial charge is 0.493 e. The number of aromatic amines is 1. The van der Waals surface area contributed by atoms with Crippen LogP contribution < -0.4 is 10.3 Å². The lowest BCUT2D eigenvalue weighted by Crippen LogP contribution is -2.37. The zero-order chi connectivity index (χ0) is 29.4. The van der Waals surface area contributed by atoms with Gasteiger partial charge in [0.2, 0.25) is 0 Å². The second-order valence-corrected chi connectivity index (χ2v) is 11.6. The van der Waals surface area contributed by atoms with Crippen molar-refractivity contribution in [3.8, 4) is 17.0 Å². The van der Waals surface area contributed by atoms with Gasteiger partial charge < -0.3 is 14.6 Å². The molecule has 7 aromatic rings. The third kappa shape index (κ3) is 5.35. The zero-order valence-electron chi connectivity index (χ0n) is 24.5. The normalized spacial score (nSPS) is 12.2. The molecule has 9 heteroatoms. The molecule has 0 aliphatic rings. The minimum absolute atomic E-state index is 0.0106. The monoisotopic (exact) mass is 564 g/mol. The van der Waals surface area contributed by atoms with Crippen molar-refractivity contribution in [2.75, 3.05) is 26.2 Å². The Balaban J connectivity index is 1.19. The topological polar surface area (TPSA) is 89.6 Å². The fourth-order valence-electron chi connectivity index (χ4n) is 5.47. The number of nitrogens with zero attached hydrogens (tertiary/aromatic N) is 5. The third-order valence-electron chi connectivity index (χ3n) is 7.76. The second-order valence-electron chi connectivity index (χ2n) is 11.6. The number of fused-ring (bicyclic) bond motifs is 3. The van der Waals surface area contributed by atoms with Crippen molar-refractivity contribution in [3.63, 3.8) is 0 Å². The van der Waals surface area contributed by atoms with Crippen molar-refractivity contribution in [1.82, 2.24) is 28.9 Å². The molecular weight excluding hydrogens is 528 g/mol. The smallest absolute Gasteiger partial charge is 0.280 e. The van der Waals surface area contributed by atoms with Crippen LogP contribution in [0.2, 0.25) is 0 Å². The molecule has 0 radical (unpaired) electrons. The van der Waals surface area contributed by atoms with Crippen LogP contribution >= 0.6 is 0 Å². The molecule has 0 saturated carbocycles. The summed E-state index contributed by atoms with van der Waals surface area (Å²) in [5, 5.41) is 5.30. The highest BCUT2D eigenvalue weighted by Crippen LogP contribution is 2.28. The van der Waals surface area contributed by atoms with Crippen molar-refractivity contribution in [2.45, 2.75) is 34.2 Å². The molecule has 2 bridgehead atoms. The van der Waals surface area contributed by atoms with Gasteiger partial charge in [-0.25, -0.2) is 9.20 Å². The molecule has 42 heavy (non-hydrogen) atoms. The summed E-state index contributed by atoms with van der Waals surface area (Å²) in [5.41, 5.74) is 4.03. The van der Waals surface area contributed by atoms with E-state index in [1.54, 1.807) is 23.1 Å². The standard InChI is InChI=1S/C33H36N6O3/c1-5-36(6-2)21-33(3,4)22-42-27-12-13-29-24(14-27)15-30(35-29)28-16-26-20-38(32(28)41)39(26)31(40)25-17-34-37(19-25)18-23-10-8-7-9-11-23/h7-17,19-20,35H,5-6,18,21-22H2,1-4H3. The van der Waals surface area contributed by atoms with Gasteiger partial charge in [0.1, 0.15) is 5.75 Å². The SMILES string of the molecule is CCN(CC)CC(C)(C)COc1ccc2[nH]c(-c3cc4cn(c3=O)n4C(=O)c3cnn(Cc4ccccc4)c3)cc2c1. The Morgan fingerprint density at radius 1 is 1.02 bits per heavy atom. The number of pyridine rings is 1. The number of aromatic nitrogens is 5. The number of rotatable bonds is 11. The van der Waals surface area contributed by atoms with E-state index >= 15 is 0 Å². The maximum absolute atomic E-state index is 13.4. The number of benzene rings is 2. The molecule has 1 N–H and O–H groups in total. The average Bonchev–Trinajstić information content (AvgIpc) is 3.62. The number of carbonyl (C=O) groups is 1. The number of ether oxygens (including phenoxy) is 1. The molecule has 0 aliphatic heterocycles. The highest BCUT2D eigenvalue weighted by Gasteiger charge is 2.24. The molecule has 7 rings (SSSR count). The number of carbonyl (C=O) groups excluding carboxylic acids is 1. The molecule has 0 unspecified atom stereocenters. The summed E-state index contributed by atoms with van der Waals surface area (Å²) >= 11 is 0. The van der Waals surface area contributed by atoms with E-state index < -0.39 is 0 Å². The summed E-state index contributed by atoms with van der Waals surface area (Å²) < 4.78 is 10.7. The molecule has 0 spiro atoms. The lowest BCUT2D eigenvalue weighted by molar-refractivity contribution is 0.0936. The fourth-order valence-corrected chi connectivity index (χ4v) is 5.47. The second kappa shape index (κ2) is 11.0. The molecule has 0 saturated heterocycles. The van der Waals surface area contributed by atoms with Gasteiger partial charge in [-0.3, -0.25) is 14.3 Å². The van der Waals surface area contributed by atoms with Gasteiger partial charge in [0.15, 0.2) is 0 Å². The maximum atomic E-state index is 13.4. The van der Waals surface area contributed by atoms with E-state index in [1.807, 2.05) is 54.6 Å². The van der Waals surface area contributed by atoms with Crippen molar-refractivity contribution in [1.29, 1.82) is 0 Å². The van der Waals surface area contributed by atoms with E-state index in [9.17, 15) is 9.59 Å². The zero-order valence-corrected chi connectivity index (χ0v) is 24.5. The first kappa shape index (κ1) is 27.5. The summed E-state index contributed by atoms with van der Waals surface area (Å²) in [7, 11) is 0. The number of hydrogen-bond acceptors (Lipinski definition) is 5. The van der Waals surface area contributed by atoms with Crippen LogP contribution in [0.3, 0.4) is 0 Å². The molecule has 216 valence electrons. The number of H-pyrrole nitrogens is 1. The lowest BCUT2D eigenvalue weighted by Gasteiger charge is -2.31. The molecule has 9 nitrogen and oxygen atoms in total. The summed E-state index contributed by atoms with van der Waals surface area (Å²) in [5.74, 6) is 0.501. The average molecular weight is 565 g/mol. The van der Waals surface area contributed by atoms with Crippen molar-refractivity contribution >= 4 is 22.3 Å². The molecule has 0 aliphatic carbocycles. The minimum Gasteiger partial charge on any atom is -0.493 e. The molecule has 5 heterocycles. The van der Waals surface area contributed by atoms with E-state index in [4.69, 9.17) is 4.74 Å². The lowest BCUT2D eigenvalue weighted by atomic mass is 9.94. The van der Waals surface area contributed by atoms with Crippen LogP contribution in [0.1, 0.15) is 43.6 Å². The number of hydrogen-bond donors (Lipinski definition) is 1. The Morgan fingerprint density at radius 3 is 2.55 bits per heavy atom. The van der Waals surface area contributed by atoms with Crippen LogP contribution in [0.4, 0.5) is 0 Å². The van der Waals surface area contributed by atoms with Crippen molar-refractivity contribution < 1.29 is 9.53 Å². The van der Waals surface area contributed by atoms with E-state index in [1.165, 1.54) is 15.4 Å². The Kier molecular flexibility index (Phi) is 7.20. The first-order valence-corrected chi connectivity index (χ1v) is 14.4. The van der Waals surface area contributed by atoms with Crippen molar-refractivity contribution in [2.24, 2.45) is 5.41 Å².